The van der Waals surface area contributed by atoms with E-state index in [0.29, 0.717) is 12.5 Å². The molecule has 1 aromatic carbocycles. The van der Waals surface area contributed by atoms with Crippen molar-refractivity contribution in [3.05, 3.63) is 28.8 Å². The normalized spacial score (nSPS) is 20.2. The van der Waals surface area contributed by atoms with Gasteiger partial charge in [0.2, 0.25) is 0 Å². The van der Waals surface area contributed by atoms with Crippen molar-refractivity contribution >= 4 is 17.3 Å². The minimum atomic E-state index is 0.529. The summed E-state index contributed by atoms with van der Waals surface area (Å²) < 4.78 is 5.27. The standard InChI is InChI=1S/C14H21ClN2O/c1-18-10-11-3-2-6-17(9-11)14-5-4-13(15)7-12(14)8-16/h4-5,7,11H,2-3,6,8-10,16H2,1H3. The van der Waals surface area contributed by atoms with Crippen LogP contribution in [0.4, 0.5) is 5.69 Å². The molecule has 1 unspecified atom stereocenters. The van der Waals surface area contributed by atoms with Crippen LogP contribution in [0.2, 0.25) is 5.02 Å². The van der Waals surface area contributed by atoms with E-state index in [1.54, 1.807) is 7.11 Å². The molecule has 3 nitrogen and oxygen atoms in total. The molecule has 2 rings (SSSR count). The highest BCUT2D eigenvalue weighted by Gasteiger charge is 2.21. The summed E-state index contributed by atoms with van der Waals surface area (Å²) in [5.74, 6) is 0.616. The molecular formula is C14H21ClN2O. The Morgan fingerprint density at radius 3 is 3.06 bits per heavy atom. The lowest BCUT2D eigenvalue weighted by molar-refractivity contribution is 0.143. The van der Waals surface area contributed by atoms with Crippen LogP contribution in [0.5, 0.6) is 0 Å². The molecule has 0 radical (unpaired) electrons. The van der Waals surface area contributed by atoms with Crippen LogP contribution in [-0.4, -0.2) is 26.8 Å². The Balaban J connectivity index is 2.15. The van der Waals surface area contributed by atoms with Crippen molar-refractivity contribution in [2.75, 3.05) is 31.7 Å². The van der Waals surface area contributed by atoms with Crippen molar-refractivity contribution in [1.82, 2.24) is 0 Å². The highest BCUT2D eigenvalue weighted by molar-refractivity contribution is 6.30. The first-order valence-electron chi connectivity index (χ1n) is 6.47. The van der Waals surface area contributed by atoms with Crippen LogP contribution in [0.1, 0.15) is 18.4 Å². The molecule has 4 heteroatoms. The molecule has 0 aliphatic carbocycles. The number of benzene rings is 1. The number of anilines is 1. The van der Waals surface area contributed by atoms with E-state index in [-0.39, 0.29) is 0 Å². The number of piperidine rings is 1. The molecule has 1 aliphatic rings. The molecule has 1 saturated heterocycles. The second-order valence-electron chi connectivity index (χ2n) is 4.89. The van der Waals surface area contributed by atoms with Gasteiger partial charge in [0.05, 0.1) is 6.61 Å². The largest absolute Gasteiger partial charge is 0.384 e. The molecule has 0 bridgehead atoms. The van der Waals surface area contributed by atoms with Crippen molar-refractivity contribution in [2.45, 2.75) is 19.4 Å². The van der Waals surface area contributed by atoms with E-state index in [0.717, 1.165) is 30.3 Å². The van der Waals surface area contributed by atoms with Gasteiger partial charge in [0, 0.05) is 37.5 Å². The predicted molar refractivity (Wildman–Crippen MR) is 76.2 cm³/mol. The van der Waals surface area contributed by atoms with Crippen molar-refractivity contribution in [2.24, 2.45) is 11.7 Å². The first-order valence-corrected chi connectivity index (χ1v) is 6.84. The average molecular weight is 269 g/mol. The summed E-state index contributed by atoms with van der Waals surface area (Å²) in [6.45, 7) is 3.50. The number of rotatable bonds is 4. The Hall–Kier alpha value is -0.770. The smallest absolute Gasteiger partial charge is 0.0507 e. The molecule has 0 saturated carbocycles. The molecule has 18 heavy (non-hydrogen) atoms. The summed E-state index contributed by atoms with van der Waals surface area (Å²) in [4.78, 5) is 2.41. The number of methoxy groups -OCH3 is 1. The quantitative estimate of drug-likeness (QED) is 0.912. The lowest BCUT2D eigenvalue weighted by atomic mass is 9.97. The van der Waals surface area contributed by atoms with E-state index in [1.807, 2.05) is 12.1 Å². The van der Waals surface area contributed by atoms with Gasteiger partial charge < -0.3 is 15.4 Å². The fourth-order valence-corrected chi connectivity index (χ4v) is 2.88. The Kier molecular flexibility index (Phi) is 4.87. The molecule has 1 aliphatic heterocycles. The number of ether oxygens (including phenoxy) is 1. The molecule has 2 N–H and O–H groups in total. The van der Waals surface area contributed by atoms with Gasteiger partial charge in [-0.05, 0) is 42.5 Å². The number of hydrogen-bond donors (Lipinski definition) is 1. The number of nitrogens with two attached hydrogens (primary N) is 1. The molecule has 0 spiro atoms. The Bertz CT molecular complexity index is 395. The molecule has 100 valence electrons. The van der Waals surface area contributed by atoms with E-state index in [1.165, 1.54) is 18.5 Å². The summed E-state index contributed by atoms with van der Waals surface area (Å²) >= 11 is 6.02. The Labute approximate surface area is 114 Å². The summed E-state index contributed by atoms with van der Waals surface area (Å²) in [5.41, 5.74) is 8.16. The topological polar surface area (TPSA) is 38.5 Å². The van der Waals surface area contributed by atoms with Gasteiger partial charge in [-0.1, -0.05) is 11.6 Å². The van der Waals surface area contributed by atoms with Gasteiger partial charge >= 0.3 is 0 Å². The van der Waals surface area contributed by atoms with Crippen molar-refractivity contribution < 1.29 is 4.74 Å². The summed E-state index contributed by atoms with van der Waals surface area (Å²) in [5, 5.41) is 0.754. The van der Waals surface area contributed by atoms with Crippen LogP contribution in [0.15, 0.2) is 18.2 Å². The number of halogens is 1. The van der Waals surface area contributed by atoms with Gasteiger partial charge in [0.1, 0.15) is 0 Å². The SMILES string of the molecule is COCC1CCCN(c2ccc(Cl)cc2CN)C1. The molecule has 0 aromatic heterocycles. The van der Waals surface area contributed by atoms with Gasteiger partial charge in [-0.25, -0.2) is 0 Å². The highest BCUT2D eigenvalue weighted by Crippen LogP contribution is 2.28. The van der Waals surface area contributed by atoms with E-state index >= 15 is 0 Å². The first kappa shape index (κ1) is 13.7. The fourth-order valence-electron chi connectivity index (χ4n) is 2.68. The lowest BCUT2D eigenvalue weighted by Crippen LogP contribution is -2.37. The first-order chi connectivity index (χ1) is 8.74. The van der Waals surface area contributed by atoms with Crippen LogP contribution in [0.3, 0.4) is 0 Å². The Morgan fingerprint density at radius 1 is 1.50 bits per heavy atom. The van der Waals surface area contributed by atoms with Gasteiger partial charge in [-0.2, -0.15) is 0 Å². The van der Waals surface area contributed by atoms with E-state index in [9.17, 15) is 0 Å². The molecule has 1 heterocycles. The second-order valence-corrected chi connectivity index (χ2v) is 5.32. The number of nitrogens with zero attached hydrogens (tertiary/aromatic N) is 1. The number of hydrogen-bond acceptors (Lipinski definition) is 3. The van der Waals surface area contributed by atoms with Gasteiger partial charge in [-0.3, -0.25) is 0 Å². The maximum Gasteiger partial charge on any atom is 0.0507 e. The zero-order valence-electron chi connectivity index (χ0n) is 10.9. The van der Waals surface area contributed by atoms with Crippen LogP contribution in [0, 0.1) is 5.92 Å². The van der Waals surface area contributed by atoms with Gasteiger partial charge in [-0.15, -0.1) is 0 Å². The second kappa shape index (κ2) is 6.41. The van der Waals surface area contributed by atoms with E-state index in [2.05, 4.69) is 11.0 Å². The summed E-state index contributed by atoms with van der Waals surface area (Å²) in [6.07, 6.45) is 2.45. The van der Waals surface area contributed by atoms with Crippen LogP contribution < -0.4 is 10.6 Å². The van der Waals surface area contributed by atoms with Crippen molar-refractivity contribution in [3.8, 4) is 0 Å². The third-order valence-corrected chi connectivity index (χ3v) is 3.76. The maximum absolute atomic E-state index is 6.02. The van der Waals surface area contributed by atoms with Crippen LogP contribution >= 0.6 is 11.6 Å². The summed E-state index contributed by atoms with van der Waals surface area (Å²) in [7, 11) is 1.77. The van der Waals surface area contributed by atoms with Crippen LogP contribution in [-0.2, 0) is 11.3 Å². The molecule has 1 aromatic rings. The lowest BCUT2D eigenvalue weighted by Gasteiger charge is -2.35. The van der Waals surface area contributed by atoms with Crippen molar-refractivity contribution in [3.63, 3.8) is 0 Å². The predicted octanol–water partition coefficient (Wildman–Crippen LogP) is 2.66. The van der Waals surface area contributed by atoms with Crippen molar-refractivity contribution in [1.29, 1.82) is 0 Å². The monoisotopic (exact) mass is 268 g/mol. The van der Waals surface area contributed by atoms with E-state index < -0.39 is 0 Å². The zero-order valence-corrected chi connectivity index (χ0v) is 11.6. The minimum Gasteiger partial charge on any atom is -0.384 e. The molecule has 0 amide bonds. The Morgan fingerprint density at radius 2 is 2.33 bits per heavy atom. The van der Waals surface area contributed by atoms with Crippen LogP contribution in [0.25, 0.3) is 0 Å². The zero-order chi connectivity index (χ0) is 13.0. The molecule has 1 fully saturated rings. The average Bonchev–Trinajstić information content (AvgIpc) is 2.39. The summed E-state index contributed by atoms with van der Waals surface area (Å²) in [6, 6.07) is 5.99. The van der Waals surface area contributed by atoms with Gasteiger partial charge in [0.15, 0.2) is 0 Å². The fraction of sp³-hybridized carbons (Fsp3) is 0.571. The third kappa shape index (κ3) is 3.16. The van der Waals surface area contributed by atoms with E-state index in [4.69, 9.17) is 22.1 Å². The maximum atomic E-state index is 6.02. The minimum absolute atomic E-state index is 0.529. The van der Waals surface area contributed by atoms with Gasteiger partial charge in [0.25, 0.3) is 0 Å². The molecular weight excluding hydrogens is 248 g/mol. The third-order valence-electron chi connectivity index (χ3n) is 3.52. The molecule has 1 atom stereocenters. The highest BCUT2D eigenvalue weighted by atomic mass is 35.5.